The number of carbonyl (C=O) groups is 2. The Morgan fingerprint density at radius 2 is 1.81 bits per heavy atom. The first-order chi connectivity index (χ1) is 17.8. The molecule has 2 aromatic carbocycles. The van der Waals surface area contributed by atoms with E-state index in [0.717, 1.165) is 0 Å². The van der Waals surface area contributed by atoms with Crippen LogP contribution in [0.5, 0.6) is 17.2 Å². The van der Waals surface area contributed by atoms with E-state index in [-0.39, 0.29) is 18.8 Å². The van der Waals surface area contributed by atoms with Gasteiger partial charge < -0.3 is 48.5 Å². The van der Waals surface area contributed by atoms with Gasteiger partial charge in [0.15, 0.2) is 29.7 Å². The van der Waals surface area contributed by atoms with E-state index < -0.39 is 48.6 Å². The standard InChI is InChI=1S/C25H24O12/c1-32-22-12(3-5-15-13(22)6-7-33-15)14(26)9-17(11-2-4-16-18(8-11)35-10-34-16)36-25-21(29)19(27)20(28)23(37-25)24(30)31/h2-8,17,19-21,23,25,27-29H,9-10H2,1H3,(H,30,31). The number of hydrogen-bond acceptors (Lipinski definition) is 11. The summed E-state index contributed by atoms with van der Waals surface area (Å²) in [6.07, 6.45) is -9.00. The molecule has 5 rings (SSSR count). The molecule has 3 aromatic rings. The third-order valence-electron chi connectivity index (χ3n) is 6.34. The number of fused-ring (bicyclic) bond motifs is 2. The van der Waals surface area contributed by atoms with Gasteiger partial charge in [-0.05, 0) is 35.9 Å². The Kier molecular flexibility index (Phi) is 6.75. The van der Waals surface area contributed by atoms with Crippen LogP contribution in [0.2, 0.25) is 0 Å². The summed E-state index contributed by atoms with van der Waals surface area (Å²) >= 11 is 0. The number of benzene rings is 2. The van der Waals surface area contributed by atoms with Crippen molar-refractivity contribution in [3.8, 4) is 17.2 Å². The molecule has 6 atom stereocenters. The van der Waals surface area contributed by atoms with Gasteiger partial charge in [-0.15, -0.1) is 0 Å². The van der Waals surface area contributed by atoms with Crippen molar-refractivity contribution in [2.75, 3.05) is 13.9 Å². The molecule has 4 N–H and O–H groups in total. The van der Waals surface area contributed by atoms with E-state index in [4.69, 9.17) is 28.1 Å². The molecule has 1 aromatic heterocycles. The summed E-state index contributed by atoms with van der Waals surface area (Å²) in [5, 5.41) is 40.6. The quantitative estimate of drug-likeness (QED) is 0.317. The minimum absolute atomic E-state index is 0.0139. The third-order valence-corrected chi connectivity index (χ3v) is 6.34. The van der Waals surface area contributed by atoms with Crippen molar-refractivity contribution < 1.29 is 58.1 Å². The van der Waals surface area contributed by atoms with Crippen molar-refractivity contribution >= 4 is 22.7 Å². The van der Waals surface area contributed by atoms with Gasteiger partial charge in [-0.1, -0.05) is 6.07 Å². The van der Waals surface area contributed by atoms with E-state index in [1.54, 1.807) is 36.4 Å². The Hall–Kier alpha value is -3.68. The van der Waals surface area contributed by atoms with Gasteiger partial charge in [0.1, 0.15) is 29.6 Å². The first kappa shape index (κ1) is 25.0. The molecule has 2 aliphatic heterocycles. The predicted octanol–water partition coefficient (Wildman–Crippen LogP) is 1.39. The van der Waals surface area contributed by atoms with E-state index in [1.165, 1.54) is 13.4 Å². The number of Topliss-reactive ketones (excluding diaryl/α,β-unsaturated/α-hetero) is 1. The van der Waals surface area contributed by atoms with Gasteiger partial charge in [0, 0.05) is 6.42 Å². The number of ketones is 1. The van der Waals surface area contributed by atoms with Crippen LogP contribution in [0.3, 0.4) is 0 Å². The van der Waals surface area contributed by atoms with Crippen LogP contribution in [0, 0.1) is 0 Å². The molecular weight excluding hydrogens is 492 g/mol. The van der Waals surface area contributed by atoms with Crippen molar-refractivity contribution in [3.05, 3.63) is 53.8 Å². The highest BCUT2D eigenvalue weighted by atomic mass is 16.7. The molecule has 12 heteroatoms. The number of ether oxygens (including phenoxy) is 5. The summed E-state index contributed by atoms with van der Waals surface area (Å²) in [5.41, 5.74) is 1.21. The van der Waals surface area contributed by atoms with Crippen molar-refractivity contribution in [1.82, 2.24) is 0 Å². The maximum Gasteiger partial charge on any atom is 0.335 e. The van der Waals surface area contributed by atoms with Gasteiger partial charge >= 0.3 is 5.97 Å². The van der Waals surface area contributed by atoms with E-state index in [1.807, 2.05) is 0 Å². The molecule has 6 unspecified atom stereocenters. The topological polar surface area (TPSA) is 174 Å². The lowest BCUT2D eigenvalue weighted by molar-refractivity contribution is -0.305. The van der Waals surface area contributed by atoms with E-state index in [9.17, 15) is 30.0 Å². The normalized spacial score (nSPS) is 25.7. The third kappa shape index (κ3) is 4.61. The molecule has 1 saturated heterocycles. The Balaban J connectivity index is 1.47. The average Bonchev–Trinajstić information content (AvgIpc) is 3.56. The first-order valence-electron chi connectivity index (χ1n) is 11.3. The molecule has 2 aliphatic rings. The summed E-state index contributed by atoms with van der Waals surface area (Å²) in [4.78, 5) is 25.0. The zero-order chi connectivity index (χ0) is 26.3. The fourth-order valence-electron chi connectivity index (χ4n) is 4.42. The number of methoxy groups -OCH3 is 1. The molecule has 0 aliphatic carbocycles. The second-order valence-electron chi connectivity index (χ2n) is 8.58. The van der Waals surface area contributed by atoms with Crippen LogP contribution in [-0.2, 0) is 14.3 Å². The zero-order valence-corrected chi connectivity index (χ0v) is 19.5. The molecule has 0 spiro atoms. The molecule has 0 radical (unpaired) electrons. The Morgan fingerprint density at radius 3 is 2.57 bits per heavy atom. The summed E-state index contributed by atoms with van der Waals surface area (Å²) in [7, 11) is 1.43. The molecule has 12 nitrogen and oxygen atoms in total. The van der Waals surface area contributed by atoms with Crippen LogP contribution in [-0.4, -0.2) is 76.8 Å². The summed E-state index contributed by atoms with van der Waals surface area (Å²) in [5.74, 6) is -0.761. The minimum atomic E-state index is -1.89. The highest BCUT2D eigenvalue weighted by molar-refractivity contribution is 6.04. The first-order valence-corrected chi connectivity index (χ1v) is 11.3. The lowest BCUT2D eigenvalue weighted by Crippen LogP contribution is -2.60. The average molecular weight is 516 g/mol. The van der Waals surface area contributed by atoms with Crippen LogP contribution >= 0.6 is 0 Å². The number of carbonyl (C=O) groups excluding carboxylic acids is 1. The number of carboxylic acid groups (broad SMARTS) is 1. The number of aliphatic hydroxyl groups excluding tert-OH is 3. The van der Waals surface area contributed by atoms with Crippen LogP contribution in [0.4, 0.5) is 0 Å². The van der Waals surface area contributed by atoms with Gasteiger partial charge in [-0.25, -0.2) is 4.79 Å². The van der Waals surface area contributed by atoms with Crippen LogP contribution < -0.4 is 14.2 Å². The molecule has 0 saturated carbocycles. The van der Waals surface area contributed by atoms with Crippen molar-refractivity contribution in [2.45, 2.75) is 43.2 Å². The smallest absolute Gasteiger partial charge is 0.335 e. The lowest BCUT2D eigenvalue weighted by Gasteiger charge is -2.39. The molecule has 3 heterocycles. The number of aliphatic hydroxyl groups is 3. The Bertz CT molecular complexity index is 1320. The van der Waals surface area contributed by atoms with Crippen molar-refractivity contribution in [3.63, 3.8) is 0 Å². The molecule has 37 heavy (non-hydrogen) atoms. The van der Waals surface area contributed by atoms with Crippen molar-refractivity contribution in [2.24, 2.45) is 0 Å². The SMILES string of the molecule is COc1c(C(=O)CC(OC2OC(C(=O)O)C(O)C(O)C2O)c2ccc3c(c2)OCO3)ccc2occc12. The van der Waals surface area contributed by atoms with Gasteiger partial charge in [0.25, 0.3) is 0 Å². The molecule has 1 fully saturated rings. The lowest BCUT2D eigenvalue weighted by atomic mass is 9.96. The molecule has 0 amide bonds. The van der Waals surface area contributed by atoms with Crippen molar-refractivity contribution in [1.29, 1.82) is 0 Å². The second kappa shape index (κ2) is 10.00. The molecule has 196 valence electrons. The second-order valence-corrected chi connectivity index (χ2v) is 8.58. The van der Waals surface area contributed by atoms with Gasteiger partial charge in [-0.3, -0.25) is 4.79 Å². The maximum atomic E-state index is 13.5. The van der Waals surface area contributed by atoms with Gasteiger partial charge in [0.05, 0.1) is 30.4 Å². The summed E-state index contributed by atoms with van der Waals surface area (Å²) < 4.78 is 32.8. The van der Waals surface area contributed by atoms with Crippen LogP contribution in [0.15, 0.2) is 47.1 Å². The highest BCUT2D eigenvalue weighted by Crippen LogP contribution is 2.39. The minimum Gasteiger partial charge on any atom is -0.495 e. The maximum absolute atomic E-state index is 13.5. The van der Waals surface area contributed by atoms with Crippen LogP contribution in [0.25, 0.3) is 11.0 Å². The monoisotopic (exact) mass is 516 g/mol. The Morgan fingerprint density at radius 1 is 1.03 bits per heavy atom. The number of carboxylic acids is 1. The summed E-state index contributed by atoms with van der Waals surface area (Å²) in [6, 6.07) is 9.68. The fourth-order valence-corrected chi connectivity index (χ4v) is 4.42. The molecular formula is C25H24O12. The number of hydrogen-bond donors (Lipinski definition) is 4. The zero-order valence-electron chi connectivity index (χ0n) is 19.5. The predicted molar refractivity (Wildman–Crippen MR) is 122 cm³/mol. The number of rotatable bonds is 8. The summed E-state index contributed by atoms with van der Waals surface area (Å²) in [6.45, 7) is 0.0139. The Labute approximate surface area is 209 Å². The van der Waals surface area contributed by atoms with Gasteiger partial charge in [0.2, 0.25) is 6.79 Å². The fraction of sp³-hybridized carbons (Fsp3) is 0.360. The van der Waals surface area contributed by atoms with Crippen LogP contribution in [0.1, 0.15) is 28.4 Å². The van der Waals surface area contributed by atoms with E-state index in [2.05, 4.69) is 0 Å². The largest absolute Gasteiger partial charge is 0.495 e. The van der Waals surface area contributed by atoms with Gasteiger partial charge in [-0.2, -0.15) is 0 Å². The van der Waals surface area contributed by atoms with E-state index in [0.29, 0.717) is 33.8 Å². The number of aliphatic carboxylic acids is 1. The molecule has 0 bridgehead atoms. The highest BCUT2D eigenvalue weighted by Gasteiger charge is 2.48. The van der Waals surface area contributed by atoms with E-state index >= 15 is 0 Å². The number of furan rings is 1.